The summed E-state index contributed by atoms with van der Waals surface area (Å²) < 4.78 is 30.1. The normalized spacial score (nSPS) is 11.9. The number of methoxy groups -OCH3 is 1. The molecule has 2 N–H and O–H groups in total. The van der Waals surface area contributed by atoms with Gasteiger partial charge in [-0.3, -0.25) is 0 Å². The smallest absolute Gasteiger partial charge is 0.211 e. The van der Waals surface area contributed by atoms with Crippen molar-refractivity contribution in [2.75, 3.05) is 39.5 Å². The SMILES string of the molecule is CCNC(=NCc1ccc(C)cc1OC)NCCCN(CC)S(C)(=O)=O.I. The molecule has 0 aliphatic heterocycles. The summed E-state index contributed by atoms with van der Waals surface area (Å²) >= 11 is 0. The van der Waals surface area contributed by atoms with Crippen LogP contribution in [0.25, 0.3) is 0 Å². The van der Waals surface area contributed by atoms with Gasteiger partial charge in [-0.15, -0.1) is 24.0 Å². The largest absolute Gasteiger partial charge is 0.496 e. The first-order chi connectivity index (χ1) is 12.3. The van der Waals surface area contributed by atoms with E-state index in [4.69, 9.17) is 4.74 Å². The Hall–Kier alpha value is -1.07. The predicted molar refractivity (Wildman–Crippen MR) is 123 cm³/mol. The molecule has 156 valence electrons. The van der Waals surface area contributed by atoms with Crippen LogP contribution >= 0.6 is 24.0 Å². The zero-order valence-electron chi connectivity index (χ0n) is 16.9. The Morgan fingerprint density at radius 2 is 1.96 bits per heavy atom. The first-order valence-corrected chi connectivity index (χ1v) is 10.8. The average molecular weight is 512 g/mol. The van der Waals surface area contributed by atoms with Crippen LogP contribution in [0, 0.1) is 6.92 Å². The van der Waals surface area contributed by atoms with E-state index in [0.717, 1.165) is 23.4 Å². The molecule has 1 aromatic carbocycles. The summed E-state index contributed by atoms with van der Waals surface area (Å²) in [6.07, 6.45) is 1.95. The summed E-state index contributed by atoms with van der Waals surface area (Å²) in [5.74, 6) is 1.54. The summed E-state index contributed by atoms with van der Waals surface area (Å²) in [5, 5.41) is 6.45. The van der Waals surface area contributed by atoms with Gasteiger partial charge in [0.2, 0.25) is 10.0 Å². The molecule has 0 unspecified atom stereocenters. The van der Waals surface area contributed by atoms with Gasteiger partial charge in [0, 0.05) is 31.7 Å². The third-order valence-electron chi connectivity index (χ3n) is 3.89. The molecule has 0 spiro atoms. The molecule has 9 heteroatoms. The minimum Gasteiger partial charge on any atom is -0.496 e. The van der Waals surface area contributed by atoms with Crippen LogP contribution < -0.4 is 15.4 Å². The van der Waals surface area contributed by atoms with Crippen LogP contribution in [0.15, 0.2) is 23.2 Å². The maximum Gasteiger partial charge on any atom is 0.211 e. The van der Waals surface area contributed by atoms with Gasteiger partial charge in [0.25, 0.3) is 0 Å². The minimum atomic E-state index is -3.14. The molecule has 1 aromatic rings. The topological polar surface area (TPSA) is 83.0 Å². The first-order valence-electron chi connectivity index (χ1n) is 8.92. The molecule has 0 heterocycles. The number of aliphatic imine (C=N–C) groups is 1. The van der Waals surface area contributed by atoms with Gasteiger partial charge in [0.05, 0.1) is 19.9 Å². The number of ether oxygens (including phenoxy) is 1. The maximum absolute atomic E-state index is 11.6. The Bertz CT molecular complexity index is 696. The summed E-state index contributed by atoms with van der Waals surface area (Å²) in [7, 11) is -1.48. The molecule has 0 saturated carbocycles. The monoisotopic (exact) mass is 512 g/mol. The third kappa shape index (κ3) is 9.61. The van der Waals surface area contributed by atoms with Crippen LogP contribution in [0.1, 0.15) is 31.4 Å². The highest BCUT2D eigenvalue weighted by Gasteiger charge is 2.13. The van der Waals surface area contributed by atoms with Crippen LogP contribution in [0.5, 0.6) is 5.75 Å². The summed E-state index contributed by atoms with van der Waals surface area (Å²) in [6.45, 7) is 8.75. The standard InChI is InChI=1S/C18H32N4O3S.HI/c1-6-19-18(20-11-8-12-22(7-2)26(5,23)24)21-14-16-10-9-15(3)13-17(16)25-4;/h9-10,13H,6-8,11-12,14H2,1-5H3,(H2,19,20,21);1H. The van der Waals surface area contributed by atoms with Crippen LogP contribution in [-0.4, -0.2) is 58.2 Å². The van der Waals surface area contributed by atoms with E-state index in [1.807, 2.05) is 39.0 Å². The Balaban J connectivity index is 0.00000676. The van der Waals surface area contributed by atoms with Crippen molar-refractivity contribution < 1.29 is 13.2 Å². The van der Waals surface area contributed by atoms with Crippen molar-refractivity contribution in [1.29, 1.82) is 0 Å². The predicted octanol–water partition coefficient (Wildman–Crippen LogP) is 2.35. The second-order valence-corrected chi connectivity index (χ2v) is 8.03. The zero-order chi connectivity index (χ0) is 19.6. The molecule has 0 aliphatic carbocycles. The zero-order valence-corrected chi connectivity index (χ0v) is 20.1. The second-order valence-electron chi connectivity index (χ2n) is 6.05. The van der Waals surface area contributed by atoms with E-state index < -0.39 is 10.0 Å². The van der Waals surface area contributed by atoms with Gasteiger partial charge in [-0.05, 0) is 31.9 Å². The lowest BCUT2D eigenvalue weighted by Crippen LogP contribution is -2.39. The fourth-order valence-corrected chi connectivity index (χ4v) is 3.44. The van der Waals surface area contributed by atoms with Gasteiger partial charge < -0.3 is 15.4 Å². The number of hydrogen-bond acceptors (Lipinski definition) is 4. The van der Waals surface area contributed by atoms with Gasteiger partial charge in [0.15, 0.2) is 5.96 Å². The second kappa shape index (κ2) is 13.2. The van der Waals surface area contributed by atoms with E-state index in [-0.39, 0.29) is 24.0 Å². The minimum absolute atomic E-state index is 0. The lowest BCUT2D eigenvalue weighted by molar-refractivity contribution is 0.409. The Labute approximate surface area is 181 Å². The Kier molecular flexibility index (Phi) is 12.6. The van der Waals surface area contributed by atoms with E-state index >= 15 is 0 Å². The number of sulfonamides is 1. The lowest BCUT2D eigenvalue weighted by atomic mass is 10.1. The van der Waals surface area contributed by atoms with Gasteiger partial charge >= 0.3 is 0 Å². The summed E-state index contributed by atoms with van der Waals surface area (Å²) in [5.41, 5.74) is 2.16. The number of nitrogens with zero attached hydrogens (tertiary/aromatic N) is 2. The fourth-order valence-electron chi connectivity index (χ4n) is 2.51. The van der Waals surface area contributed by atoms with Crippen LogP contribution in [0.4, 0.5) is 0 Å². The molecule has 0 aromatic heterocycles. The number of aryl methyl sites for hydroxylation is 1. The van der Waals surface area contributed by atoms with Crippen molar-refractivity contribution in [3.8, 4) is 5.75 Å². The van der Waals surface area contributed by atoms with Gasteiger partial charge in [-0.1, -0.05) is 19.1 Å². The number of halogens is 1. The molecule has 7 nitrogen and oxygen atoms in total. The lowest BCUT2D eigenvalue weighted by Gasteiger charge is -2.18. The number of hydrogen-bond donors (Lipinski definition) is 2. The number of nitrogens with one attached hydrogen (secondary N) is 2. The van der Waals surface area contributed by atoms with E-state index in [2.05, 4.69) is 15.6 Å². The van der Waals surface area contributed by atoms with E-state index in [1.165, 1.54) is 10.6 Å². The van der Waals surface area contributed by atoms with Crippen molar-refractivity contribution in [1.82, 2.24) is 14.9 Å². The van der Waals surface area contributed by atoms with Gasteiger partial charge in [0.1, 0.15) is 5.75 Å². The number of guanidine groups is 1. The first kappa shape index (κ1) is 25.9. The van der Waals surface area contributed by atoms with Crippen molar-refractivity contribution in [2.45, 2.75) is 33.7 Å². The van der Waals surface area contributed by atoms with Crippen LogP contribution in [-0.2, 0) is 16.6 Å². The summed E-state index contributed by atoms with van der Waals surface area (Å²) in [4.78, 5) is 4.59. The van der Waals surface area contributed by atoms with Crippen molar-refractivity contribution in [2.24, 2.45) is 4.99 Å². The number of rotatable bonds is 10. The highest BCUT2D eigenvalue weighted by molar-refractivity contribution is 14.0. The molecule has 0 atom stereocenters. The highest BCUT2D eigenvalue weighted by atomic mass is 127. The van der Waals surface area contributed by atoms with E-state index in [9.17, 15) is 8.42 Å². The highest BCUT2D eigenvalue weighted by Crippen LogP contribution is 2.20. The summed E-state index contributed by atoms with van der Waals surface area (Å²) in [6, 6.07) is 6.06. The van der Waals surface area contributed by atoms with Crippen molar-refractivity contribution >= 4 is 40.0 Å². The average Bonchev–Trinajstić information content (AvgIpc) is 2.58. The van der Waals surface area contributed by atoms with Crippen molar-refractivity contribution in [3.05, 3.63) is 29.3 Å². The van der Waals surface area contributed by atoms with Crippen LogP contribution in [0.3, 0.4) is 0 Å². The molecule has 1 rings (SSSR count). The quantitative estimate of drug-likeness (QED) is 0.218. The molecule has 0 fully saturated rings. The number of benzene rings is 1. The Morgan fingerprint density at radius 1 is 1.26 bits per heavy atom. The third-order valence-corrected chi connectivity index (χ3v) is 5.27. The Morgan fingerprint density at radius 3 is 2.52 bits per heavy atom. The molecular formula is C18H33IN4O3S. The molecule has 0 aliphatic rings. The molecule has 0 radical (unpaired) electrons. The molecule has 0 amide bonds. The van der Waals surface area contributed by atoms with Gasteiger partial charge in [-0.2, -0.15) is 0 Å². The maximum atomic E-state index is 11.6. The van der Waals surface area contributed by atoms with E-state index in [1.54, 1.807) is 7.11 Å². The molecule has 27 heavy (non-hydrogen) atoms. The van der Waals surface area contributed by atoms with Gasteiger partial charge in [-0.25, -0.2) is 17.7 Å². The fraction of sp³-hybridized carbons (Fsp3) is 0.611. The molecular weight excluding hydrogens is 479 g/mol. The molecule has 0 saturated heterocycles. The van der Waals surface area contributed by atoms with Crippen molar-refractivity contribution in [3.63, 3.8) is 0 Å². The van der Waals surface area contributed by atoms with E-state index in [0.29, 0.717) is 38.6 Å². The molecule has 0 bridgehead atoms. The van der Waals surface area contributed by atoms with Crippen LogP contribution in [0.2, 0.25) is 0 Å².